The Labute approximate surface area is 92.3 Å². The van der Waals surface area contributed by atoms with Crippen molar-refractivity contribution in [2.75, 3.05) is 12.9 Å². The summed E-state index contributed by atoms with van der Waals surface area (Å²) in [5, 5.41) is 9.53. The quantitative estimate of drug-likeness (QED) is 0.577. The maximum absolute atomic E-state index is 11.4. The molecule has 0 radical (unpaired) electrons. The zero-order chi connectivity index (χ0) is 11.3. The van der Waals surface area contributed by atoms with Gasteiger partial charge in [0, 0.05) is 0 Å². The molecule has 0 saturated carbocycles. The monoisotopic (exact) mass is 222 g/mol. The number of hydrogen-bond acceptors (Lipinski definition) is 5. The van der Waals surface area contributed by atoms with Crippen LogP contribution in [0, 0.1) is 11.3 Å². The number of esters is 1. The van der Waals surface area contributed by atoms with Crippen LogP contribution >= 0.6 is 11.8 Å². The highest BCUT2D eigenvalue weighted by Gasteiger charge is 2.13. The van der Waals surface area contributed by atoms with Crippen LogP contribution < -0.4 is 0 Å². The summed E-state index contributed by atoms with van der Waals surface area (Å²) < 4.78 is 4.81. The number of ether oxygens (including phenoxy) is 1. The van der Waals surface area contributed by atoms with E-state index in [-0.39, 0.29) is 17.9 Å². The van der Waals surface area contributed by atoms with E-state index < -0.39 is 5.97 Å². The second kappa shape index (κ2) is 5.37. The Bertz CT molecular complexity index is 412. The van der Waals surface area contributed by atoms with E-state index in [1.54, 1.807) is 19.1 Å². The molecule has 4 nitrogen and oxygen atoms in total. The first-order valence-electron chi connectivity index (χ1n) is 4.35. The van der Waals surface area contributed by atoms with Crippen molar-refractivity contribution in [1.82, 2.24) is 4.98 Å². The summed E-state index contributed by atoms with van der Waals surface area (Å²) in [5.74, 6) is -0.505. The normalized spacial score (nSPS) is 9.40. The molecular formula is C10H10N2O2S. The zero-order valence-corrected chi connectivity index (χ0v) is 9.30. The molecule has 0 spiro atoms. The average molecular weight is 222 g/mol. The van der Waals surface area contributed by atoms with Gasteiger partial charge in [-0.3, -0.25) is 0 Å². The third-order valence-corrected chi connectivity index (χ3v) is 2.33. The van der Waals surface area contributed by atoms with Crippen LogP contribution in [0.5, 0.6) is 0 Å². The first-order valence-corrected chi connectivity index (χ1v) is 5.57. The van der Waals surface area contributed by atoms with Crippen LogP contribution in [0.25, 0.3) is 0 Å². The number of carbonyl (C=O) groups excluding carboxylic acids is 1. The molecule has 0 atom stereocenters. The summed E-state index contributed by atoms with van der Waals surface area (Å²) in [6.07, 6.45) is 1.85. The van der Waals surface area contributed by atoms with Crippen LogP contribution in [-0.2, 0) is 4.74 Å². The van der Waals surface area contributed by atoms with Gasteiger partial charge in [-0.1, -0.05) is 0 Å². The fourth-order valence-corrected chi connectivity index (χ4v) is 1.40. The molecule has 78 valence electrons. The molecule has 1 aromatic rings. The predicted octanol–water partition coefficient (Wildman–Crippen LogP) is 1.85. The first-order chi connectivity index (χ1) is 7.22. The van der Waals surface area contributed by atoms with Crippen molar-refractivity contribution in [3.8, 4) is 6.07 Å². The summed E-state index contributed by atoms with van der Waals surface area (Å²) >= 11 is 1.42. The van der Waals surface area contributed by atoms with E-state index in [1.165, 1.54) is 11.8 Å². The molecule has 0 aliphatic rings. The predicted molar refractivity (Wildman–Crippen MR) is 56.7 cm³/mol. The lowest BCUT2D eigenvalue weighted by Crippen LogP contribution is -2.08. The minimum atomic E-state index is -0.505. The van der Waals surface area contributed by atoms with Gasteiger partial charge in [0.25, 0.3) is 0 Å². The number of pyridine rings is 1. The standard InChI is InChI=1S/C10H10N2O2S/c1-3-14-10(13)7-4-5-9(15-2)12-8(7)6-11/h4-5H,3H2,1-2H3. The van der Waals surface area contributed by atoms with Crippen molar-refractivity contribution < 1.29 is 9.53 Å². The molecule has 0 unspecified atom stereocenters. The topological polar surface area (TPSA) is 63.0 Å². The Hall–Kier alpha value is -1.54. The fraction of sp³-hybridized carbons (Fsp3) is 0.300. The van der Waals surface area contributed by atoms with Crippen molar-refractivity contribution >= 4 is 17.7 Å². The maximum atomic E-state index is 11.4. The molecule has 0 amide bonds. The Balaban J connectivity index is 3.09. The van der Waals surface area contributed by atoms with Gasteiger partial charge in [-0.25, -0.2) is 9.78 Å². The largest absolute Gasteiger partial charge is 0.462 e. The minimum absolute atomic E-state index is 0.111. The summed E-state index contributed by atoms with van der Waals surface area (Å²) in [6, 6.07) is 5.14. The first kappa shape index (κ1) is 11.5. The van der Waals surface area contributed by atoms with Gasteiger partial charge in [-0.05, 0) is 25.3 Å². The molecule has 15 heavy (non-hydrogen) atoms. The van der Waals surface area contributed by atoms with E-state index in [0.717, 1.165) is 0 Å². The van der Waals surface area contributed by atoms with E-state index in [4.69, 9.17) is 10.00 Å². The Morgan fingerprint density at radius 1 is 1.67 bits per heavy atom. The van der Waals surface area contributed by atoms with E-state index in [2.05, 4.69) is 4.98 Å². The molecular weight excluding hydrogens is 212 g/mol. The molecule has 0 N–H and O–H groups in total. The highest BCUT2D eigenvalue weighted by molar-refractivity contribution is 7.98. The van der Waals surface area contributed by atoms with Gasteiger partial charge in [0.05, 0.1) is 17.2 Å². The van der Waals surface area contributed by atoms with Gasteiger partial charge < -0.3 is 4.74 Å². The second-order valence-electron chi connectivity index (χ2n) is 2.58. The molecule has 0 aliphatic carbocycles. The Morgan fingerprint density at radius 2 is 2.40 bits per heavy atom. The van der Waals surface area contributed by atoms with E-state index in [1.807, 2.05) is 12.3 Å². The van der Waals surface area contributed by atoms with Crippen LogP contribution in [0.15, 0.2) is 17.2 Å². The molecule has 1 heterocycles. The molecule has 0 saturated heterocycles. The van der Waals surface area contributed by atoms with Gasteiger partial charge in [0.2, 0.25) is 0 Å². The number of carbonyl (C=O) groups is 1. The number of aromatic nitrogens is 1. The SMILES string of the molecule is CCOC(=O)c1ccc(SC)nc1C#N. The highest BCUT2D eigenvalue weighted by atomic mass is 32.2. The number of nitriles is 1. The summed E-state index contributed by atoms with van der Waals surface area (Å²) in [7, 11) is 0. The van der Waals surface area contributed by atoms with Gasteiger partial charge in [0.1, 0.15) is 6.07 Å². The fourth-order valence-electron chi connectivity index (χ4n) is 1.01. The minimum Gasteiger partial charge on any atom is -0.462 e. The zero-order valence-electron chi connectivity index (χ0n) is 8.48. The van der Waals surface area contributed by atoms with Crippen molar-refractivity contribution in [3.05, 3.63) is 23.4 Å². The van der Waals surface area contributed by atoms with E-state index >= 15 is 0 Å². The lowest BCUT2D eigenvalue weighted by Gasteiger charge is -2.03. The third-order valence-electron chi connectivity index (χ3n) is 1.68. The Morgan fingerprint density at radius 3 is 2.93 bits per heavy atom. The number of hydrogen-bond donors (Lipinski definition) is 0. The summed E-state index contributed by atoms with van der Waals surface area (Å²) in [4.78, 5) is 15.4. The van der Waals surface area contributed by atoms with Gasteiger partial charge >= 0.3 is 5.97 Å². The second-order valence-corrected chi connectivity index (χ2v) is 3.41. The van der Waals surface area contributed by atoms with Crippen LogP contribution in [0.4, 0.5) is 0 Å². The van der Waals surface area contributed by atoms with E-state index in [9.17, 15) is 4.79 Å². The number of thioether (sulfide) groups is 1. The van der Waals surface area contributed by atoms with E-state index in [0.29, 0.717) is 5.03 Å². The van der Waals surface area contributed by atoms with Crippen molar-refractivity contribution in [2.45, 2.75) is 11.9 Å². The van der Waals surface area contributed by atoms with Crippen LogP contribution in [0.2, 0.25) is 0 Å². The highest BCUT2D eigenvalue weighted by Crippen LogP contribution is 2.15. The molecule has 0 aliphatic heterocycles. The molecule has 1 rings (SSSR count). The number of rotatable bonds is 3. The maximum Gasteiger partial charge on any atom is 0.341 e. The molecule has 1 aromatic heterocycles. The van der Waals surface area contributed by atoms with Crippen LogP contribution in [0.3, 0.4) is 0 Å². The average Bonchev–Trinajstić information content (AvgIpc) is 2.28. The smallest absolute Gasteiger partial charge is 0.341 e. The van der Waals surface area contributed by atoms with Crippen LogP contribution in [0.1, 0.15) is 23.0 Å². The lowest BCUT2D eigenvalue weighted by atomic mass is 10.2. The third kappa shape index (κ3) is 2.70. The van der Waals surface area contributed by atoms with Crippen molar-refractivity contribution in [2.24, 2.45) is 0 Å². The van der Waals surface area contributed by atoms with Crippen LogP contribution in [-0.4, -0.2) is 23.8 Å². The van der Waals surface area contributed by atoms with Crippen molar-refractivity contribution in [3.63, 3.8) is 0 Å². The van der Waals surface area contributed by atoms with Gasteiger partial charge in [0.15, 0.2) is 5.69 Å². The van der Waals surface area contributed by atoms with Crippen molar-refractivity contribution in [1.29, 1.82) is 5.26 Å². The Kier molecular flexibility index (Phi) is 4.13. The van der Waals surface area contributed by atoms with Gasteiger partial charge in [-0.15, -0.1) is 11.8 Å². The molecule has 5 heteroatoms. The molecule has 0 fully saturated rings. The summed E-state index contributed by atoms with van der Waals surface area (Å²) in [5.41, 5.74) is 0.331. The van der Waals surface area contributed by atoms with Gasteiger partial charge in [-0.2, -0.15) is 5.26 Å². The molecule has 0 bridgehead atoms. The summed E-state index contributed by atoms with van der Waals surface area (Å²) in [6.45, 7) is 2.00. The number of nitrogens with zero attached hydrogens (tertiary/aromatic N) is 2. The lowest BCUT2D eigenvalue weighted by molar-refractivity contribution is 0.0525. The molecule has 0 aromatic carbocycles.